The molecule has 0 aliphatic carbocycles. The van der Waals surface area contributed by atoms with Crippen LogP contribution in [0.25, 0.3) is 0 Å². The highest BCUT2D eigenvalue weighted by molar-refractivity contribution is 5.90. The van der Waals surface area contributed by atoms with Gasteiger partial charge in [0.2, 0.25) is 11.8 Å². The highest BCUT2D eigenvalue weighted by atomic mass is 16.3. The molecule has 2 unspecified atom stereocenters. The van der Waals surface area contributed by atoms with Crippen LogP contribution < -0.4 is 10.6 Å². The molecule has 1 aromatic heterocycles. The van der Waals surface area contributed by atoms with Gasteiger partial charge < -0.3 is 15.1 Å². The van der Waals surface area contributed by atoms with E-state index in [-0.39, 0.29) is 23.9 Å². The van der Waals surface area contributed by atoms with Gasteiger partial charge in [-0.3, -0.25) is 9.59 Å². The first-order valence-corrected chi connectivity index (χ1v) is 5.77. The summed E-state index contributed by atoms with van der Waals surface area (Å²) in [6.45, 7) is 1.91. The van der Waals surface area contributed by atoms with Crippen molar-refractivity contribution in [1.29, 1.82) is 0 Å². The Balaban J connectivity index is 1.80. The second-order valence-electron chi connectivity index (χ2n) is 4.35. The van der Waals surface area contributed by atoms with Crippen molar-refractivity contribution in [2.45, 2.75) is 38.3 Å². The molecular weight excluding hydrogens is 220 g/mol. The average molecular weight is 236 g/mol. The Morgan fingerprint density at radius 3 is 3.12 bits per heavy atom. The van der Waals surface area contributed by atoms with E-state index in [1.807, 2.05) is 19.1 Å². The molecule has 92 valence electrons. The first kappa shape index (κ1) is 11.7. The maximum atomic E-state index is 11.8. The molecule has 2 rings (SSSR count). The number of hydrogen-bond donors (Lipinski definition) is 2. The molecule has 2 heterocycles. The number of furan rings is 1. The van der Waals surface area contributed by atoms with Gasteiger partial charge >= 0.3 is 0 Å². The molecule has 1 saturated heterocycles. The van der Waals surface area contributed by atoms with Crippen LogP contribution in [0.4, 0.5) is 0 Å². The lowest BCUT2D eigenvalue weighted by Crippen LogP contribution is -2.45. The summed E-state index contributed by atoms with van der Waals surface area (Å²) in [6, 6.07) is 3.31. The molecule has 2 amide bonds. The Kier molecular flexibility index (Phi) is 3.46. The lowest BCUT2D eigenvalue weighted by Gasteiger charge is -2.16. The Morgan fingerprint density at radius 1 is 1.71 bits per heavy atom. The Morgan fingerprint density at radius 2 is 2.53 bits per heavy atom. The van der Waals surface area contributed by atoms with E-state index in [0.29, 0.717) is 19.3 Å². The lowest BCUT2D eigenvalue weighted by molar-refractivity contribution is -0.126. The van der Waals surface area contributed by atoms with E-state index in [1.54, 1.807) is 6.26 Å². The number of amides is 2. The van der Waals surface area contributed by atoms with E-state index in [9.17, 15) is 9.59 Å². The number of nitrogens with one attached hydrogen (secondary N) is 2. The van der Waals surface area contributed by atoms with Gasteiger partial charge in [0, 0.05) is 18.9 Å². The van der Waals surface area contributed by atoms with Gasteiger partial charge in [0.1, 0.15) is 11.8 Å². The zero-order valence-electron chi connectivity index (χ0n) is 9.73. The maximum absolute atomic E-state index is 11.8. The van der Waals surface area contributed by atoms with Gasteiger partial charge in [0.15, 0.2) is 0 Å². The van der Waals surface area contributed by atoms with Crippen LogP contribution in [0.3, 0.4) is 0 Å². The van der Waals surface area contributed by atoms with Crippen molar-refractivity contribution in [2.75, 3.05) is 0 Å². The molecule has 0 saturated carbocycles. The first-order valence-electron chi connectivity index (χ1n) is 5.77. The molecule has 1 fully saturated rings. The highest BCUT2D eigenvalue weighted by Crippen LogP contribution is 2.08. The predicted octanol–water partition coefficient (Wildman–Crippen LogP) is 0.605. The third-order valence-corrected chi connectivity index (χ3v) is 2.79. The summed E-state index contributed by atoms with van der Waals surface area (Å²) < 4.78 is 5.21. The molecule has 5 nitrogen and oxygen atoms in total. The van der Waals surface area contributed by atoms with Crippen LogP contribution in [0.15, 0.2) is 22.8 Å². The van der Waals surface area contributed by atoms with Crippen molar-refractivity contribution in [3.05, 3.63) is 24.2 Å². The molecule has 1 aliphatic heterocycles. The summed E-state index contributed by atoms with van der Waals surface area (Å²) in [5.74, 6) is 0.673. The molecule has 1 aliphatic rings. The van der Waals surface area contributed by atoms with Crippen molar-refractivity contribution in [3.63, 3.8) is 0 Å². The third-order valence-electron chi connectivity index (χ3n) is 2.79. The van der Waals surface area contributed by atoms with Gasteiger partial charge in [-0.15, -0.1) is 0 Å². The molecular formula is C12H16N2O3. The van der Waals surface area contributed by atoms with Gasteiger partial charge in [-0.1, -0.05) is 0 Å². The van der Waals surface area contributed by atoms with E-state index in [2.05, 4.69) is 10.6 Å². The van der Waals surface area contributed by atoms with Crippen LogP contribution in [0, 0.1) is 0 Å². The third kappa shape index (κ3) is 3.09. The van der Waals surface area contributed by atoms with Crippen molar-refractivity contribution >= 4 is 11.8 Å². The Bertz CT molecular complexity index is 400. The topological polar surface area (TPSA) is 71.3 Å². The predicted molar refractivity (Wildman–Crippen MR) is 61.2 cm³/mol. The molecule has 17 heavy (non-hydrogen) atoms. The fourth-order valence-corrected chi connectivity index (χ4v) is 1.94. The zero-order chi connectivity index (χ0) is 12.3. The highest BCUT2D eigenvalue weighted by Gasteiger charge is 2.27. The zero-order valence-corrected chi connectivity index (χ0v) is 9.73. The summed E-state index contributed by atoms with van der Waals surface area (Å²) in [5, 5.41) is 5.51. The van der Waals surface area contributed by atoms with E-state index < -0.39 is 0 Å². The standard InChI is InChI=1S/C12H16N2O3/c1-8(7-9-3-2-6-17-9)13-12(16)10-4-5-11(15)14-10/h2-3,6,8,10H,4-5,7H2,1H3,(H,13,16)(H,14,15). The summed E-state index contributed by atoms with van der Waals surface area (Å²) in [6.07, 6.45) is 3.28. The minimum atomic E-state index is -0.374. The summed E-state index contributed by atoms with van der Waals surface area (Å²) in [5.41, 5.74) is 0. The largest absolute Gasteiger partial charge is 0.469 e. The van der Waals surface area contributed by atoms with Crippen LogP contribution >= 0.6 is 0 Å². The molecule has 0 spiro atoms. The van der Waals surface area contributed by atoms with Gasteiger partial charge in [0.05, 0.1) is 6.26 Å². The van der Waals surface area contributed by atoms with E-state index >= 15 is 0 Å². The van der Waals surface area contributed by atoms with E-state index in [0.717, 1.165) is 5.76 Å². The smallest absolute Gasteiger partial charge is 0.242 e. The van der Waals surface area contributed by atoms with Gasteiger partial charge in [-0.25, -0.2) is 0 Å². The lowest BCUT2D eigenvalue weighted by atomic mass is 10.1. The van der Waals surface area contributed by atoms with Crippen LogP contribution in [0.5, 0.6) is 0 Å². The second kappa shape index (κ2) is 5.03. The van der Waals surface area contributed by atoms with Crippen LogP contribution in [-0.4, -0.2) is 23.9 Å². The molecule has 0 aromatic carbocycles. The average Bonchev–Trinajstić information content (AvgIpc) is 2.89. The fourth-order valence-electron chi connectivity index (χ4n) is 1.94. The normalized spacial score (nSPS) is 21.0. The molecule has 5 heteroatoms. The Labute approximate surface area is 99.6 Å². The van der Waals surface area contributed by atoms with Crippen molar-refractivity contribution in [2.24, 2.45) is 0 Å². The van der Waals surface area contributed by atoms with Crippen LogP contribution in [0.2, 0.25) is 0 Å². The second-order valence-corrected chi connectivity index (χ2v) is 4.35. The van der Waals surface area contributed by atoms with Crippen molar-refractivity contribution < 1.29 is 14.0 Å². The van der Waals surface area contributed by atoms with Crippen LogP contribution in [-0.2, 0) is 16.0 Å². The molecule has 0 radical (unpaired) electrons. The number of hydrogen-bond acceptors (Lipinski definition) is 3. The van der Waals surface area contributed by atoms with Crippen molar-refractivity contribution in [3.8, 4) is 0 Å². The molecule has 1 aromatic rings. The van der Waals surface area contributed by atoms with E-state index in [1.165, 1.54) is 0 Å². The number of rotatable bonds is 4. The summed E-state index contributed by atoms with van der Waals surface area (Å²) in [4.78, 5) is 22.8. The van der Waals surface area contributed by atoms with Gasteiger partial charge in [-0.2, -0.15) is 0 Å². The monoisotopic (exact) mass is 236 g/mol. The van der Waals surface area contributed by atoms with Crippen molar-refractivity contribution in [1.82, 2.24) is 10.6 Å². The summed E-state index contributed by atoms with van der Waals surface area (Å²) >= 11 is 0. The van der Waals surface area contributed by atoms with E-state index in [4.69, 9.17) is 4.42 Å². The van der Waals surface area contributed by atoms with Gasteiger partial charge in [0.25, 0.3) is 0 Å². The fraction of sp³-hybridized carbons (Fsp3) is 0.500. The van der Waals surface area contributed by atoms with Crippen LogP contribution in [0.1, 0.15) is 25.5 Å². The maximum Gasteiger partial charge on any atom is 0.242 e. The summed E-state index contributed by atoms with van der Waals surface area (Å²) in [7, 11) is 0. The quantitative estimate of drug-likeness (QED) is 0.804. The Hall–Kier alpha value is -1.78. The molecule has 2 atom stereocenters. The SMILES string of the molecule is CC(Cc1ccco1)NC(=O)C1CCC(=O)N1. The minimum absolute atomic E-state index is 0.00819. The first-order chi connectivity index (χ1) is 8.15. The van der Waals surface area contributed by atoms with Gasteiger partial charge in [-0.05, 0) is 25.5 Å². The number of carbonyl (C=O) groups excluding carboxylic acids is 2. The minimum Gasteiger partial charge on any atom is -0.469 e. The number of carbonyl (C=O) groups is 2. The molecule has 0 bridgehead atoms. The molecule has 2 N–H and O–H groups in total.